The van der Waals surface area contributed by atoms with Gasteiger partial charge >= 0.3 is 0 Å². The molecule has 3 amide bonds. The summed E-state index contributed by atoms with van der Waals surface area (Å²) in [5, 5.41) is 10.4. The maximum atomic E-state index is 12.6. The van der Waals surface area contributed by atoms with Crippen LogP contribution in [0.4, 0.5) is 11.4 Å². The van der Waals surface area contributed by atoms with E-state index < -0.39 is 0 Å². The van der Waals surface area contributed by atoms with Gasteiger partial charge < -0.3 is 16.0 Å². The molecular formula is C24H25N3O3S. The molecule has 1 aromatic heterocycles. The molecule has 0 saturated carbocycles. The largest absolute Gasteiger partial charge is 0.348 e. The molecule has 7 heteroatoms. The molecule has 0 fully saturated rings. The topological polar surface area (TPSA) is 87.3 Å². The van der Waals surface area contributed by atoms with E-state index in [1.54, 1.807) is 30.3 Å². The molecule has 0 aliphatic rings. The summed E-state index contributed by atoms with van der Waals surface area (Å²) in [7, 11) is 0. The third-order valence-electron chi connectivity index (χ3n) is 4.84. The molecule has 0 aliphatic heterocycles. The minimum Gasteiger partial charge on any atom is -0.348 e. The van der Waals surface area contributed by atoms with Crippen LogP contribution in [0.25, 0.3) is 0 Å². The van der Waals surface area contributed by atoms with Crippen LogP contribution in [0.1, 0.15) is 45.9 Å². The first-order chi connectivity index (χ1) is 15.0. The standard InChI is InChI=1S/C24H25N3O3S/c1-3-16(2)22(28)26-19-9-4-7-17(13-19)15-25-23(29)18-8-5-10-20(14-18)27-24(30)21-11-6-12-31-21/h4-14,16H,3,15H2,1-2H3,(H,25,29)(H,26,28)(H,27,30). The van der Waals surface area contributed by atoms with Gasteiger partial charge in [-0.3, -0.25) is 14.4 Å². The number of hydrogen-bond acceptors (Lipinski definition) is 4. The summed E-state index contributed by atoms with van der Waals surface area (Å²) in [6.07, 6.45) is 0.772. The Hall–Kier alpha value is -3.45. The first-order valence-electron chi connectivity index (χ1n) is 10.1. The van der Waals surface area contributed by atoms with Crippen LogP contribution in [-0.2, 0) is 11.3 Å². The maximum Gasteiger partial charge on any atom is 0.265 e. The molecule has 1 unspecified atom stereocenters. The highest BCUT2D eigenvalue weighted by Gasteiger charge is 2.12. The number of nitrogens with one attached hydrogen (secondary N) is 3. The van der Waals surface area contributed by atoms with Crippen molar-refractivity contribution in [2.75, 3.05) is 10.6 Å². The van der Waals surface area contributed by atoms with Crippen LogP contribution in [0.2, 0.25) is 0 Å². The van der Waals surface area contributed by atoms with Crippen molar-refractivity contribution < 1.29 is 14.4 Å². The Morgan fingerprint density at radius 1 is 0.903 bits per heavy atom. The van der Waals surface area contributed by atoms with Gasteiger partial charge in [-0.15, -0.1) is 11.3 Å². The highest BCUT2D eigenvalue weighted by atomic mass is 32.1. The Balaban J connectivity index is 1.59. The van der Waals surface area contributed by atoms with Crippen molar-refractivity contribution in [3.63, 3.8) is 0 Å². The summed E-state index contributed by atoms with van der Waals surface area (Å²) >= 11 is 1.36. The van der Waals surface area contributed by atoms with Gasteiger partial charge in [-0.1, -0.05) is 38.1 Å². The van der Waals surface area contributed by atoms with E-state index in [9.17, 15) is 14.4 Å². The number of carbonyl (C=O) groups is 3. The molecule has 160 valence electrons. The maximum absolute atomic E-state index is 12.6. The van der Waals surface area contributed by atoms with E-state index in [4.69, 9.17) is 0 Å². The Labute approximate surface area is 185 Å². The van der Waals surface area contributed by atoms with E-state index in [0.717, 1.165) is 12.0 Å². The summed E-state index contributed by atoms with van der Waals surface area (Å²) in [5.74, 6) is -0.536. The molecule has 0 spiro atoms. The molecule has 31 heavy (non-hydrogen) atoms. The number of anilines is 2. The fraction of sp³-hybridized carbons (Fsp3) is 0.208. The highest BCUT2D eigenvalue weighted by Crippen LogP contribution is 2.16. The first kappa shape index (κ1) is 22.2. The van der Waals surface area contributed by atoms with Crippen molar-refractivity contribution in [2.45, 2.75) is 26.8 Å². The van der Waals surface area contributed by atoms with Crippen molar-refractivity contribution in [1.29, 1.82) is 0 Å². The number of rotatable bonds is 8. The molecule has 0 saturated heterocycles. The fourth-order valence-electron chi connectivity index (χ4n) is 2.83. The van der Waals surface area contributed by atoms with Crippen molar-refractivity contribution in [3.05, 3.63) is 82.0 Å². The highest BCUT2D eigenvalue weighted by molar-refractivity contribution is 7.12. The fourth-order valence-corrected chi connectivity index (χ4v) is 3.45. The first-order valence-corrected chi connectivity index (χ1v) is 11.0. The van der Waals surface area contributed by atoms with Gasteiger partial charge in [0, 0.05) is 29.4 Å². The molecule has 0 radical (unpaired) electrons. The quantitative estimate of drug-likeness (QED) is 0.470. The molecule has 0 aliphatic carbocycles. The zero-order chi connectivity index (χ0) is 22.2. The second kappa shape index (κ2) is 10.5. The number of amides is 3. The molecular weight excluding hydrogens is 410 g/mol. The number of carbonyl (C=O) groups excluding carboxylic acids is 3. The van der Waals surface area contributed by atoms with Crippen LogP contribution in [0, 0.1) is 5.92 Å². The Bertz CT molecular complexity index is 1060. The molecule has 3 N–H and O–H groups in total. The summed E-state index contributed by atoms with van der Waals surface area (Å²) < 4.78 is 0. The van der Waals surface area contributed by atoms with Crippen LogP contribution in [0.3, 0.4) is 0 Å². The van der Waals surface area contributed by atoms with E-state index in [1.165, 1.54) is 11.3 Å². The number of thiophene rings is 1. The minimum absolute atomic E-state index is 0.0231. The smallest absolute Gasteiger partial charge is 0.265 e. The van der Waals surface area contributed by atoms with Crippen LogP contribution in [0.5, 0.6) is 0 Å². The lowest BCUT2D eigenvalue weighted by Crippen LogP contribution is -2.23. The van der Waals surface area contributed by atoms with Crippen molar-refractivity contribution in [3.8, 4) is 0 Å². The van der Waals surface area contributed by atoms with Crippen LogP contribution < -0.4 is 16.0 Å². The average molecular weight is 436 g/mol. The van der Waals surface area contributed by atoms with Gasteiger partial charge in [0.25, 0.3) is 11.8 Å². The second-order valence-corrected chi connectivity index (χ2v) is 8.14. The molecule has 1 heterocycles. The zero-order valence-electron chi connectivity index (χ0n) is 17.5. The summed E-state index contributed by atoms with van der Waals surface area (Å²) in [4.78, 5) is 37.5. The zero-order valence-corrected chi connectivity index (χ0v) is 18.3. The Morgan fingerprint density at radius 2 is 1.65 bits per heavy atom. The van der Waals surface area contributed by atoms with Crippen molar-refractivity contribution in [2.24, 2.45) is 5.92 Å². The van der Waals surface area contributed by atoms with Gasteiger partial charge in [0.1, 0.15) is 0 Å². The molecule has 3 rings (SSSR count). The molecule has 1 atom stereocenters. The molecule has 3 aromatic rings. The third-order valence-corrected chi connectivity index (χ3v) is 5.70. The van der Waals surface area contributed by atoms with E-state index in [2.05, 4.69) is 16.0 Å². The number of hydrogen-bond donors (Lipinski definition) is 3. The molecule has 2 aromatic carbocycles. The molecule has 6 nitrogen and oxygen atoms in total. The summed E-state index contributed by atoms with van der Waals surface area (Å²) in [6.45, 7) is 4.17. The predicted molar refractivity (Wildman–Crippen MR) is 124 cm³/mol. The lowest BCUT2D eigenvalue weighted by atomic mass is 10.1. The average Bonchev–Trinajstić information content (AvgIpc) is 3.32. The van der Waals surface area contributed by atoms with Gasteiger partial charge in [0.2, 0.25) is 5.91 Å². The summed E-state index contributed by atoms with van der Waals surface area (Å²) in [6, 6.07) is 17.8. The minimum atomic E-state index is -0.249. The van der Waals surface area contributed by atoms with Crippen molar-refractivity contribution >= 4 is 40.4 Å². The monoisotopic (exact) mass is 435 g/mol. The lowest BCUT2D eigenvalue weighted by molar-refractivity contribution is -0.119. The predicted octanol–water partition coefficient (Wildman–Crippen LogP) is 4.92. The third kappa shape index (κ3) is 6.26. The lowest BCUT2D eigenvalue weighted by Gasteiger charge is -2.12. The SMILES string of the molecule is CCC(C)C(=O)Nc1cccc(CNC(=O)c2cccc(NC(=O)c3cccs3)c2)c1. The van der Waals surface area contributed by atoms with Crippen LogP contribution in [-0.4, -0.2) is 17.7 Å². The Morgan fingerprint density at radius 3 is 2.35 bits per heavy atom. The molecule has 0 bridgehead atoms. The van der Waals surface area contributed by atoms with E-state index in [1.807, 2.05) is 49.6 Å². The van der Waals surface area contributed by atoms with Crippen LogP contribution >= 0.6 is 11.3 Å². The summed E-state index contributed by atoms with van der Waals surface area (Å²) in [5.41, 5.74) is 2.58. The Kier molecular flexibility index (Phi) is 7.56. The van der Waals surface area contributed by atoms with Crippen molar-refractivity contribution in [1.82, 2.24) is 5.32 Å². The van der Waals surface area contributed by atoms with E-state index in [0.29, 0.717) is 28.4 Å². The van der Waals surface area contributed by atoms with E-state index >= 15 is 0 Å². The normalized spacial score (nSPS) is 11.4. The van der Waals surface area contributed by atoms with Gasteiger partial charge in [0.15, 0.2) is 0 Å². The van der Waals surface area contributed by atoms with Gasteiger partial charge in [-0.2, -0.15) is 0 Å². The van der Waals surface area contributed by atoms with E-state index in [-0.39, 0.29) is 23.6 Å². The van der Waals surface area contributed by atoms with Gasteiger partial charge in [-0.05, 0) is 53.8 Å². The van der Waals surface area contributed by atoms with Gasteiger partial charge in [0.05, 0.1) is 4.88 Å². The van der Waals surface area contributed by atoms with Crippen LogP contribution in [0.15, 0.2) is 66.0 Å². The second-order valence-electron chi connectivity index (χ2n) is 7.19. The van der Waals surface area contributed by atoms with Gasteiger partial charge in [-0.25, -0.2) is 0 Å². The number of benzene rings is 2.